The molecule has 0 aliphatic carbocycles. The summed E-state index contributed by atoms with van der Waals surface area (Å²) in [5.41, 5.74) is 3.44. The van der Waals surface area contributed by atoms with E-state index in [0.717, 1.165) is 23.8 Å². The van der Waals surface area contributed by atoms with Crippen molar-refractivity contribution in [2.24, 2.45) is 12.0 Å². The van der Waals surface area contributed by atoms with E-state index in [0.29, 0.717) is 13.1 Å². The lowest BCUT2D eigenvalue weighted by molar-refractivity contribution is 0.682. The third-order valence-corrected chi connectivity index (χ3v) is 3.92. The molecule has 0 aliphatic heterocycles. The Labute approximate surface area is 147 Å². The molecule has 1 aromatic carbocycles. The van der Waals surface area contributed by atoms with E-state index >= 15 is 0 Å². The summed E-state index contributed by atoms with van der Waals surface area (Å²) in [5, 5.41) is 15.2. The molecule has 7 nitrogen and oxygen atoms in total. The predicted octanol–water partition coefficient (Wildman–Crippen LogP) is 1.53. The Morgan fingerprint density at radius 1 is 1.04 bits per heavy atom. The van der Waals surface area contributed by atoms with E-state index in [9.17, 15) is 0 Å². The Morgan fingerprint density at radius 3 is 2.56 bits per heavy atom. The average molecular weight is 337 g/mol. The lowest BCUT2D eigenvalue weighted by Crippen LogP contribution is -2.36. The van der Waals surface area contributed by atoms with E-state index in [-0.39, 0.29) is 0 Å². The standard InChI is InChI=1S/C18H23N7/c1-19-18(21-12-17-8-9-22-24(17)2)20-10-16-11-23-25(14-16)13-15-6-4-3-5-7-15/h3-9,11,14H,10,12-13H2,1-2H3,(H2,19,20,21). The molecule has 0 unspecified atom stereocenters. The van der Waals surface area contributed by atoms with Gasteiger partial charge in [0.2, 0.25) is 0 Å². The summed E-state index contributed by atoms with van der Waals surface area (Å²) in [4.78, 5) is 4.24. The Bertz CT molecular complexity index is 817. The van der Waals surface area contributed by atoms with Gasteiger partial charge in [0.25, 0.3) is 0 Å². The van der Waals surface area contributed by atoms with Gasteiger partial charge in [-0.05, 0) is 11.6 Å². The Hall–Kier alpha value is -3.09. The lowest BCUT2D eigenvalue weighted by Gasteiger charge is -2.11. The van der Waals surface area contributed by atoms with Crippen LogP contribution in [0.1, 0.15) is 16.8 Å². The van der Waals surface area contributed by atoms with Crippen molar-refractivity contribution in [3.05, 3.63) is 71.8 Å². The average Bonchev–Trinajstić information content (AvgIpc) is 3.25. The molecular weight excluding hydrogens is 314 g/mol. The van der Waals surface area contributed by atoms with Gasteiger partial charge >= 0.3 is 0 Å². The zero-order chi connectivity index (χ0) is 17.5. The van der Waals surface area contributed by atoms with Crippen molar-refractivity contribution in [1.29, 1.82) is 0 Å². The first-order valence-electron chi connectivity index (χ1n) is 8.21. The van der Waals surface area contributed by atoms with E-state index in [4.69, 9.17) is 0 Å². The molecule has 2 N–H and O–H groups in total. The van der Waals surface area contributed by atoms with Gasteiger partial charge in [-0.15, -0.1) is 0 Å². The summed E-state index contributed by atoms with van der Waals surface area (Å²) in [7, 11) is 3.69. The summed E-state index contributed by atoms with van der Waals surface area (Å²) < 4.78 is 3.78. The second-order valence-electron chi connectivity index (χ2n) is 5.76. The number of aromatic nitrogens is 4. The van der Waals surface area contributed by atoms with Gasteiger partial charge in [0.05, 0.1) is 25.0 Å². The highest BCUT2D eigenvalue weighted by molar-refractivity contribution is 5.79. The SMILES string of the molecule is CN=C(NCc1cnn(Cc2ccccc2)c1)NCc1ccnn1C. The van der Waals surface area contributed by atoms with Gasteiger partial charge in [0.15, 0.2) is 5.96 Å². The molecule has 0 saturated carbocycles. The zero-order valence-corrected chi connectivity index (χ0v) is 14.6. The van der Waals surface area contributed by atoms with Crippen LogP contribution in [0.15, 0.2) is 60.0 Å². The highest BCUT2D eigenvalue weighted by atomic mass is 15.3. The third kappa shape index (κ3) is 4.69. The molecule has 0 amide bonds. The van der Waals surface area contributed by atoms with Crippen LogP contribution in [-0.2, 0) is 26.7 Å². The van der Waals surface area contributed by atoms with Crippen molar-refractivity contribution >= 4 is 5.96 Å². The van der Waals surface area contributed by atoms with Gasteiger partial charge in [-0.1, -0.05) is 30.3 Å². The van der Waals surface area contributed by atoms with E-state index in [2.05, 4.69) is 38.0 Å². The molecule has 0 radical (unpaired) electrons. The molecule has 0 saturated heterocycles. The summed E-state index contributed by atoms with van der Waals surface area (Å²) in [5.74, 6) is 0.747. The van der Waals surface area contributed by atoms with E-state index in [1.807, 2.05) is 53.1 Å². The van der Waals surface area contributed by atoms with Gasteiger partial charge in [-0.2, -0.15) is 10.2 Å². The van der Waals surface area contributed by atoms with Crippen molar-refractivity contribution < 1.29 is 0 Å². The molecule has 3 aromatic rings. The smallest absolute Gasteiger partial charge is 0.191 e. The minimum atomic E-state index is 0.667. The molecule has 7 heteroatoms. The van der Waals surface area contributed by atoms with E-state index in [1.54, 1.807) is 13.2 Å². The Morgan fingerprint density at radius 2 is 1.84 bits per heavy atom. The first kappa shape index (κ1) is 16.8. The van der Waals surface area contributed by atoms with Crippen LogP contribution >= 0.6 is 0 Å². The number of nitrogens with zero attached hydrogens (tertiary/aromatic N) is 5. The normalized spacial score (nSPS) is 11.5. The van der Waals surface area contributed by atoms with Crippen LogP contribution in [0, 0.1) is 0 Å². The van der Waals surface area contributed by atoms with Crippen LogP contribution < -0.4 is 10.6 Å². The third-order valence-electron chi connectivity index (χ3n) is 3.92. The van der Waals surface area contributed by atoms with Crippen LogP contribution in [0.5, 0.6) is 0 Å². The molecule has 130 valence electrons. The van der Waals surface area contributed by atoms with Crippen molar-refractivity contribution in [2.75, 3.05) is 7.05 Å². The fourth-order valence-corrected chi connectivity index (χ4v) is 2.51. The fourth-order valence-electron chi connectivity index (χ4n) is 2.51. The van der Waals surface area contributed by atoms with Gasteiger partial charge in [-0.3, -0.25) is 14.4 Å². The molecule has 25 heavy (non-hydrogen) atoms. The van der Waals surface area contributed by atoms with Crippen LogP contribution in [0.2, 0.25) is 0 Å². The number of guanidine groups is 1. The molecule has 2 heterocycles. The molecule has 0 aliphatic rings. The molecule has 0 fully saturated rings. The molecule has 0 bridgehead atoms. The Balaban J connectivity index is 1.49. The molecule has 2 aromatic heterocycles. The van der Waals surface area contributed by atoms with E-state index < -0.39 is 0 Å². The maximum absolute atomic E-state index is 4.42. The molecule has 3 rings (SSSR count). The van der Waals surface area contributed by atoms with Crippen molar-refractivity contribution in [3.63, 3.8) is 0 Å². The highest BCUT2D eigenvalue weighted by Crippen LogP contribution is 2.04. The van der Waals surface area contributed by atoms with Crippen molar-refractivity contribution in [1.82, 2.24) is 30.2 Å². The maximum atomic E-state index is 4.42. The monoisotopic (exact) mass is 337 g/mol. The van der Waals surface area contributed by atoms with Crippen LogP contribution in [-0.4, -0.2) is 32.6 Å². The van der Waals surface area contributed by atoms with Gasteiger partial charge in [0.1, 0.15) is 0 Å². The summed E-state index contributed by atoms with van der Waals surface area (Å²) in [6, 6.07) is 12.3. The molecule has 0 spiro atoms. The van der Waals surface area contributed by atoms with Gasteiger partial charge < -0.3 is 10.6 Å². The number of nitrogens with one attached hydrogen (secondary N) is 2. The second-order valence-corrected chi connectivity index (χ2v) is 5.76. The number of rotatable bonds is 6. The molecule has 0 atom stereocenters. The Kier molecular flexibility index (Phi) is 5.46. The van der Waals surface area contributed by atoms with Crippen LogP contribution in [0.3, 0.4) is 0 Å². The second kappa shape index (κ2) is 8.14. The predicted molar refractivity (Wildman–Crippen MR) is 98.0 cm³/mol. The lowest BCUT2D eigenvalue weighted by atomic mass is 10.2. The first-order valence-corrected chi connectivity index (χ1v) is 8.21. The van der Waals surface area contributed by atoms with Crippen LogP contribution in [0.4, 0.5) is 0 Å². The summed E-state index contributed by atoms with van der Waals surface area (Å²) in [6.45, 7) is 2.11. The highest BCUT2D eigenvalue weighted by Gasteiger charge is 2.03. The molecular formula is C18H23N7. The number of hydrogen-bond acceptors (Lipinski definition) is 3. The summed E-state index contributed by atoms with van der Waals surface area (Å²) >= 11 is 0. The number of hydrogen-bond donors (Lipinski definition) is 2. The topological polar surface area (TPSA) is 72.1 Å². The largest absolute Gasteiger partial charge is 0.352 e. The number of aliphatic imine (C=N–C) groups is 1. The number of benzene rings is 1. The quantitative estimate of drug-likeness (QED) is 0.529. The zero-order valence-electron chi connectivity index (χ0n) is 14.6. The summed E-state index contributed by atoms with van der Waals surface area (Å²) in [6.07, 6.45) is 5.72. The minimum absolute atomic E-state index is 0.667. The van der Waals surface area contributed by atoms with Crippen molar-refractivity contribution in [2.45, 2.75) is 19.6 Å². The van der Waals surface area contributed by atoms with Crippen molar-refractivity contribution in [3.8, 4) is 0 Å². The van der Waals surface area contributed by atoms with Crippen LogP contribution in [0.25, 0.3) is 0 Å². The minimum Gasteiger partial charge on any atom is -0.352 e. The van der Waals surface area contributed by atoms with E-state index in [1.165, 1.54) is 5.56 Å². The maximum Gasteiger partial charge on any atom is 0.191 e. The van der Waals surface area contributed by atoms with Gasteiger partial charge in [-0.25, -0.2) is 0 Å². The fraction of sp³-hybridized carbons (Fsp3) is 0.278. The van der Waals surface area contributed by atoms with Gasteiger partial charge in [0, 0.05) is 38.6 Å². The number of aryl methyl sites for hydroxylation is 1. The first-order chi connectivity index (χ1) is 12.2.